The van der Waals surface area contributed by atoms with Crippen LogP contribution >= 0.6 is 0 Å². The van der Waals surface area contributed by atoms with E-state index in [0.29, 0.717) is 13.1 Å². The van der Waals surface area contributed by atoms with E-state index >= 15 is 0 Å². The van der Waals surface area contributed by atoms with Crippen LogP contribution < -0.4 is 5.32 Å². The third-order valence-electron chi connectivity index (χ3n) is 2.91. The first kappa shape index (κ1) is 14.2. The van der Waals surface area contributed by atoms with Gasteiger partial charge in [-0.1, -0.05) is 12.2 Å². The maximum Gasteiger partial charge on any atom is 0.236 e. The van der Waals surface area contributed by atoms with Gasteiger partial charge in [-0.3, -0.25) is 4.79 Å². The maximum absolute atomic E-state index is 11.9. The van der Waals surface area contributed by atoms with Gasteiger partial charge in [-0.05, 0) is 13.5 Å². The largest absolute Gasteiger partial charge is 0.377 e. The summed E-state index contributed by atoms with van der Waals surface area (Å²) in [5, 5.41) is 2.88. The fourth-order valence-corrected chi connectivity index (χ4v) is 1.93. The molecule has 5 heteroatoms. The molecule has 0 aromatic carbocycles. The monoisotopic (exact) mass is 242 g/mol. The quantitative estimate of drug-likeness (QED) is 0.706. The van der Waals surface area contributed by atoms with Gasteiger partial charge in [0, 0.05) is 27.3 Å². The molecule has 17 heavy (non-hydrogen) atoms. The van der Waals surface area contributed by atoms with Crippen LogP contribution in [0.1, 0.15) is 6.42 Å². The van der Waals surface area contributed by atoms with Crippen molar-refractivity contribution >= 4 is 5.91 Å². The van der Waals surface area contributed by atoms with Gasteiger partial charge in [-0.15, -0.1) is 0 Å². The fraction of sp³-hybridized carbons (Fsp3) is 0.750. The van der Waals surface area contributed by atoms with Crippen LogP contribution in [0.3, 0.4) is 0 Å². The van der Waals surface area contributed by atoms with Gasteiger partial charge in [-0.2, -0.15) is 0 Å². The van der Waals surface area contributed by atoms with Gasteiger partial charge in [0.15, 0.2) is 0 Å². The van der Waals surface area contributed by atoms with E-state index in [4.69, 9.17) is 9.47 Å². The Hall–Kier alpha value is -0.910. The lowest BCUT2D eigenvalue weighted by atomic mass is 10.1. The minimum Gasteiger partial charge on any atom is -0.377 e. The van der Waals surface area contributed by atoms with Gasteiger partial charge in [-0.25, -0.2) is 0 Å². The van der Waals surface area contributed by atoms with Crippen LogP contribution in [0.25, 0.3) is 0 Å². The fourth-order valence-electron chi connectivity index (χ4n) is 1.93. The molecule has 0 radical (unpaired) electrons. The number of carbonyl (C=O) groups excluding carboxylic acids is 1. The first-order valence-corrected chi connectivity index (χ1v) is 5.87. The Kier molecular flexibility index (Phi) is 6.18. The molecule has 0 aromatic heterocycles. The molecule has 0 aromatic rings. The highest BCUT2D eigenvalue weighted by molar-refractivity contribution is 5.78. The average Bonchev–Trinajstić information content (AvgIpc) is 2.30. The number of hydrogen-bond donors (Lipinski definition) is 1. The highest BCUT2D eigenvalue weighted by atomic mass is 16.5. The Morgan fingerprint density at radius 3 is 2.82 bits per heavy atom. The van der Waals surface area contributed by atoms with Crippen molar-refractivity contribution in [2.24, 2.45) is 0 Å². The minimum absolute atomic E-state index is 0.0924. The van der Waals surface area contributed by atoms with Crippen molar-refractivity contribution in [3.05, 3.63) is 12.2 Å². The van der Waals surface area contributed by atoms with Crippen molar-refractivity contribution in [3.63, 3.8) is 0 Å². The van der Waals surface area contributed by atoms with Crippen molar-refractivity contribution in [2.45, 2.75) is 18.6 Å². The molecule has 0 saturated heterocycles. The summed E-state index contributed by atoms with van der Waals surface area (Å²) in [4.78, 5) is 13.7. The Bertz CT molecular complexity index is 268. The molecule has 0 bridgehead atoms. The minimum atomic E-state index is -0.114. The number of nitrogens with one attached hydrogen (secondary N) is 1. The van der Waals surface area contributed by atoms with Gasteiger partial charge >= 0.3 is 0 Å². The second-order valence-corrected chi connectivity index (χ2v) is 4.06. The molecule has 5 nitrogen and oxygen atoms in total. The lowest BCUT2D eigenvalue weighted by molar-refractivity contribution is -0.133. The van der Waals surface area contributed by atoms with Crippen LogP contribution in [0.5, 0.6) is 0 Å². The molecule has 1 N–H and O–H groups in total. The summed E-state index contributed by atoms with van der Waals surface area (Å²) in [6.07, 6.45) is 4.70. The van der Waals surface area contributed by atoms with E-state index in [1.807, 2.05) is 17.1 Å². The predicted molar refractivity (Wildman–Crippen MR) is 65.9 cm³/mol. The van der Waals surface area contributed by atoms with Crippen LogP contribution in [-0.2, 0) is 14.3 Å². The first-order chi connectivity index (χ1) is 8.22. The molecule has 1 rings (SSSR count). The Labute approximate surface area is 103 Å². The molecule has 0 spiro atoms. The molecule has 1 aliphatic heterocycles. The van der Waals surface area contributed by atoms with Crippen LogP contribution in [0.4, 0.5) is 0 Å². The van der Waals surface area contributed by atoms with Crippen LogP contribution in [-0.4, -0.2) is 63.9 Å². The normalized spacial score (nSPS) is 27.4. The molecule has 0 aliphatic carbocycles. The van der Waals surface area contributed by atoms with Crippen molar-refractivity contribution < 1.29 is 14.3 Å². The third kappa shape index (κ3) is 4.11. The van der Waals surface area contributed by atoms with Gasteiger partial charge in [0.05, 0.1) is 6.54 Å². The highest BCUT2D eigenvalue weighted by Gasteiger charge is 2.25. The molecule has 2 unspecified atom stereocenters. The summed E-state index contributed by atoms with van der Waals surface area (Å²) >= 11 is 0. The van der Waals surface area contributed by atoms with E-state index in [1.54, 1.807) is 21.3 Å². The van der Waals surface area contributed by atoms with Crippen LogP contribution in [0.2, 0.25) is 0 Å². The summed E-state index contributed by atoms with van der Waals surface area (Å²) in [6.45, 7) is 1.66. The Morgan fingerprint density at radius 1 is 1.47 bits per heavy atom. The number of nitrogens with zero attached hydrogens (tertiary/aromatic N) is 1. The Morgan fingerprint density at radius 2 is 2.24 bits per heavy atom. The molecular formula is C12H22N2O3. The zero-order valence-corrected chi connectivity index (χ0v) is 10.8. The van der Waals surface area contributed by atoms with Crippen LogP contribution in [0, 0.1) is 0 Å². The third-order valence-corrected chi connectivity index (χ3v) is 2.91. The molecule has 1 amide bonds. The molecule has 2 atom stereocenters. The van der Waals surface area contributed by atoms with E-state index in [1.165, 1.54) is 0 Å². The summed E-state index contributed by atoms with van der Waals surface area (Å²) < 4.78 is 10.8. The topological polar surface area (TPSA) is 50.8 Å². The SMILES string of the molecule is CNCC(=O)N1CC/C=C\C(OC)C(OC)C1. The molecule has 98 valence electrons. The van der Waals surface area contributed by atoms with Crippen molar-refractivity contribution in [2.75, 3.05) is 40.9 Å². The second-order valence-electron chi connectivity index (χ2n) is 4.06. The summed E-state index contributed by atoms with van der Waals surface area (Å²) in [5.74, 6) is 0.0969. The van der Waals surface area contributed by atoms with E-state index in [-0.39, 0.29) is 18.1 Å². The van der Waals surface area contributed by atoms with Gasteiger partial charge in [0.2, 0.25) is 5.91 Å². The van der Waals surface area contributed by atoms with Crippen molar-refractivity contribution in [1.29, 1.82) is 0 Å². The zero-order valence-electron chi connectivity index (χ0n) is 10.8. The standard InChI is InChI=1S/C12H22N2O3/c1-13-8-12(15)14-7-5-4-6-10(16-2)11(9-14)17-3/h4,6,10-11,13H,5,7-9H2,1-3H3/b6-4-. The number of likely N-dealkylation sites (N-methyl/N-ethyl adjacent to an activating group) is 1. The number of ether oxygens (including phenoxy) is 2. The number of hydrogen-bond acceptors (Lipinski definition) is 4. The van der Waals surface area contributed by atoms with E-state index < -0.39 is 0 Å². The van der Waals surface area contributed by atoms with Crippen LogP contribution in [0.15, 0.2) is 12.2 Å². The number of amides is 1. The van der Waals surface area contributed by atoms with E-state index in [9.17, 15) is 4.79 Å². The number of rotatable bonds is 4. The highest BCUT2D eigenvalue weighted by Crippen LogP contribution is 2.11. The molecule has 1 heterocycles. The smallest absolute Gasteiger partial charge is 0.236 e. The summed E-state index contributed by atoms with van der Waals surface area (Å²) in [6, 6.07) is 0. The zero-order chi connectivity index (χ0) is 12.7. The first-order valence-electron chi connectivity index (χ1n) is 5.87. The number of methoxy groups -OCH3 is 2. The second kappa shape index (κ2) is 7.42. The molecule has 1 aliphatic rings. The molecule has 0 saturated carbocycles. The molecule has 0 fully saturated rings. The van der Waals surface area contributed by atoms with Crippen molar-refractivity contribution in [3.8, 4) is 0 Å². The maximum atomic E-state index is 11.9. The van der Waals surface area contributed by atoms with E-state index in [2.05, 4.69) is 5.32 Å². The molecular weight excluding hydrogens is 220 g/mol. The lowest BCUT2D eigenvalue weighted by Crippen LogP contribution is -2.46. The van der Waals surface area contributed by atoms with Gasteiger partial charge < -0.3 is 19.7 Å². The summed E-state index contributed by atoms with van der Waals surface area (Å²) in [7, 11) is 5.07. The van der Waals surface area contributed by atoms with Gasteiger partial charge in [0.25, 0.3) is 0 Å². The summed E-state index contributed by atoms with van der Waals surface area (Å²) in [5.41, 5.74) is 0. The van der Waals surface area contributed by atoms with Gasteiger partial charge in [0.1, 0.15) is 12.2 Å². The Balaban J connectivity index is 2.69. The number of carbonyl (C=O) groups is 1. The lowest BCUT2D eigenvalue weighted by Gasteiger charge is -2.31. The average molecular weight is 242 g/mol. The van der Waals surface area contributed by atoms with E-state index in [0.717, 1.165) is 13.0 Å². The van der Waals surface area contributed by atoms with Crippen molar-refractivity contribution in [1.82, 2.24) is 10.2 Å². The predicted octanol–water partition coefficient (Wildman–Crippen LogP) is 0.0243.